The predicted molar refractivity (Wildman–Crippen MR) is 129 cm³/mol. The van der Waals surface area contributed by atoms with E-state index in [0.29, 0.717) is 34.6 Å². The van der Waals surface area contributed by atoms with Crippen LogP contribution in [0.3, 0.4) is 0 Å². The van der Waals surface area contributed by atoms with Gasteiger partial charge in [-0.3, -0.25) is 4.79 Å². The number of fused-ring (bicyclic) bond motifs is 1. The summed E-state index contributed by atoms with van der Waals surface area (Å²) in [4.78, 5) is 30.0. The molecule has 1 amide bonds. The molecular formula is C25H24N4O5. The van der Waals surface area contributed by atoms with Crippen molar-refractivity contribution in [2.24, 2.45) is 7.05 Å². The number of nitrogens with one attached hydrogen (secondary N) is 2. The van der Waals surface area contributed by atoms with E-state index in [4.69, 9.17) is 13.9 Å². The first-order chi connectivity index (χ1) is 16.5. The minimum atomic E-state index is -0.582. The smallest absolute Gasteiger partial charge is 0.356 e. The molecule has 3 heterocycles. The van der Waals surface area contributed by atoms with E-state index >= 15 is 0 Å². The lowest BCUT2D eigenvalue weighted by Crippen LogP contribution is -2.16. The topological polar surface area (TPSA) is 108 Å². The quantitative estimate of drug-likeness (QED) is 0.377. The highest BCUT2D eigenvalue weighted by Gasteiger charge is 2.25. The Morgan fingerprint density at radius 2 is 1.97 bits per heavy atom. The van der Waals surface area contributed by atoms with E-state index in [9.17, 15) is 9.59 Å². The second-order valence-electron chi connectivity index (χ2n) is 7.35. The number of carbonyl (C=O) groups excluding carboxylic acids is 2. The molecule has 174 valence electrons. The Morgan fingerprint density at radius 1 is 1.18 bits per heavy atom. The summed E-state index contributed by atoms with van der Waals surface area (Å²) in [5.41, 5.74) is 2.19. The summed E-state index contributed by atoms with van der Waals surface area (Å²) in [7, 11) is 4.55. The molecule has 9 nitrogen and oxygen atoms in total. The summed E-state index contributed by atoms with van der Waals surface area (Å²) in [6.45, 7) is 0.526. The Hall–Kier alpha value is -4.53. The van der Waals surface area contributed by atoms with Gasteiger partial charge in [-0.25, -0.2) is 9.78 Å². The van der Waals surface area contributed by atoms with Gasteiger partial charge in [0.15, 0.2) is 5.69 Å². The average Bonchev–Trinajstić information content (AvgIpc) is 3.48. The number of ether oxygens (including phenoxy) is 2. The Labute approximate surface area is 196 Å². The number of rotatable bonds is 8. The third-order valence-electron chi connectivity index (χ3n) is 5.24. The minimum absolute atomic E-state index is 0.196. The molecule has 0 aliphatic rings. The lowest BCUT2D eigenvalue weighted by molar-refractivity contribution is 0.0591. The summed E-state index contributed by atoms with van der Waals surface area (Å²) in [5.74, 6) is 0.434. The van der Waals surface area contributed by atoms with E-state index in [0.717, 1.165) is 11.4 Å². The number of furan rings is 1. The fourth-order valence-corrected chi connectivity index (χ4v) is 3.53. The van der Waals surface area contributed by atoms with Crippen molar-refractivity contribution >= 4 is 40.4 Å². The SMILES string of the molecule is COC(=O)c1c(NC(=O)c2ccc(OC)cc2)c2cc(NCC=Cc3ccco3)cnc2n1C. The van der Waals surface area contributed by atoms with Crippen molar-refractivity contribution in [3.63, 3.8) is 0 Å². The first kappa shape index (κ1) is 22.7. The molecule has 0 saturated heterocycles. The maximum absolute atomic E-state index is 13.0. The van der Waals surface area contributed by atoms with Crippen LogP contribution in [0, 0.1) is 0 Å². The molecule has 0 aliphatic heterocycles. The molecule has 4 rings (SSSR count). The van der Waals surface area contributed by atoms with Crippen molar-refractivity contribution in [2.45, 2.75) is 0 Å². The van der Waals surface area contributed by atoms with Gasteiger partial charge in [0.2, 0.25) is 0 Å². The maximum Gasteiger partial charge on any atom is 0.356 e. The number of hydrogen-bond donors (Lipinski definition) is 2. The molecule has 0 atom stereocenters. The Morgan fingerprint density at radius 3 is 2.65 bits per heavy atom. The van der Waals surface area contributed by atoms with Crippen LogP contribution in [-0.4, -0.2) is 42.2 Å². The van der Waals surface area contributed by atoms with Crippen molar-refractivity contribution in [1.29, 1.82) is 0 Å². The molecule has 2 N–H and O–H groups in total. The monoisotopic (exact) mass is 460 g/mol. The highest BCUT2D eigenvalue weighted by molar-refractivity contribution is 6.14. The number of benzene rings is 1. The summed E-state index contributed by atoms with van der Waals surface area (Å²) in [6.07, 6.45) is 7.05. The van der Waals surface area contributed by atoms with E-state index in [1.54, 1.807) is 55.5 Å². The highest BCUT2D eigenvalue weighted by atomic mass is 16.5. The van der Waals surface area contributed by atoms with Gasteiger partial charge in [-0.1, -0.05) is 6.08 Å². The Kier molecular flexibility index (Phi) is 6.63. The molecule has 0 unspecified atom stereocenters. The van der Waals surface area contributed by atoms with Gasteiger partial charge >= 0.3 is 5.97 Å². The summed E-state index contributed by atoms with van der Waals surface area (Å²) < 4.78 is 17.0. The largest absolute Gasteiger partial charge is 0.497 e. The van der Waals surface area contributed by atoms with Crippen LogP contribution >= 0.6 is 0 Å². The number of anilines is 2. The number of aryl methyl sites for hydroxylation is 1. The summed E-state index contributed by atoms with van der Waals surface area (Å²) in [5, 5.41) is 6.72. The van der Waals surface area contributed by atoms with Crippen molar-refractivity contribution < 1.29 is 23.5 Å². The number of aromatic nitrogens is 2. The standard InChI is InChI=1S/C25H24N4O5/c1-29-22(25(31)33-3)21(28-24(30)16-8-10-18(32-2)11-9-16)20-14-17(15-27-23(20)29)26-12-4-6-19-7-5-13-34-19/h4-11,13-15,26H,12H2,1-3H3,(H,28,30). The second-order valence-corrected chi connectivity index (χ2v) is 7.35. The number of methoxy groups -OCH3 is 2. The van der Waals surface area contributed by atoms with Crippen molar-refractivity contribution in [2.75, 3.05) is 31.4 Å². The zero-order chi connectivity index (χ0) is 24.1. The molecular weight excluding hydrogens is 436 g/mol. The molecule has 0 bridgehead atoms. The van der Waals surface area contributed by atoms with E-state index in [1.807, 2.05) is 30.4 Å². The fraction of sp³-hybridized carbons (Fsp3) is 0.160. The number of amides is 1. The zero-order valence-corrected chi connectivity index (χ0v) is 19.0. The summed E-state index contributed by atoms with van der Waals surface area (Å²) >= 11 is 0. The van der Waals surface area contributed by atoms with E-state index in [1.165, 1.54) is 7.11 Å². The maximum atomic E-state index is 13.0. The average molecular weight is 460 g/mol. The van der Waals surface area contributed by atoms with Crippen LogP contribution in [0.15, 0.2) is 65.4 Å². The van der Waals surface area contributed by atoms with Crippen LogP contribution in [-0.2, 0) is 11.8 Å². The normalized spacial score (nSPS) is 11.0. The summed E-state index contributed by atoms with van der Waals surface area (Å²) in [6, 6.07) is 12.2. The second kappa shape index (κ2) is 9.95. The van der Waals surface area contributed by atoms with Crippen molar-refractivity contribution in [1.82, 2.24) is 9.55 Å². The van der Waals surface area contributed by atoms with Crippen molar-refractivity contribution in [3.05, 3.63) is 78.0 Å². The molecule has 4 aromatic rings. The molecule has 1 aromatic carbocycles. The van der Waals surface area contributed by atoms with Crippen LogP contribution in [0.25, 0.3) is 17.1 Å². The van der Waals surface area contributed by atoms with Gasteiger partial charge in [-0.2, -0.15) is 0 Å². The number of nitrogens with zero attached hydrogens (tertiary/aromatic N) is 2. The Bertz CT molecular complexity index is 1340. The van der Waals surface area contributed by atoms with Crippen LogP contribution in [0.4, 0.5) is 11.4 Å². The van der Waals surface area contributed by atoms with Crippen LogP contribution in [0.5, 0.6) is 5.75 Å². The van der Waals surface area contributed by atoms with Gasteiger partial charge in [0, 0.05) is 24.5 Å². The molecule has 9 heteroatoms. The number of pyridine rings is 1. The van der Waals surface area contributed by atoms with Crippen molar-refractivity contribution in [3.8, 4) is 5.75 Å². The fourth-order valence-electron chi connectivity index (χ4n) is 3.53. The van der Waals surface area contributed by atoms with E-state index in [2.05, 4.69) is 15.6 Å². The van der Waals surface area contributed by atoms with Crippen LogP contribution in [0.1, 0.15) is 26.6 Å². The third-order valence-corrected chi connectivity index (χ3v) is 5.24. The predicted octanol–water partition coefficient (Wildman–Crippen LogP) is 4.34. The molecule has 34 heavy (non-hydrogen) atoms. The number of esters is 1. The molecule has 0 spiro atoms. The molecule has 0 fully saturated rings. The molecule has 0 aliphatic carbocycles. The van der Waals surface area contributed by atoms with Gasteiger partial charge in [0.05, 0.1) is 38.1 Å². The minimum Gasteiger partial charge on any atom is -0.497 e. The van der Waals surface area contributed by atoms with E-state index < -0.39 is 5.97 Å². The van der Waals surface area contributed by atoms with E-state index in [-0.39, 0.29) is 11.6 Å². The van der Waals surface area contributed by atoms with Gasteiger partial charge in [0.1, 0.15) is 17.2 Å². The van der Waals surface area contributed by atoms with Crippen LogP contribution < -0.4 is 15.4 Å². The Balaban J connectivity index is 1.64. The van der Waals surface area contributed by atoms with Gasteiger partial charge < -0.3 is 29.1 Å². The molecule has 0 saturated carbocycles. The zero-order valence-electron chi connectivity index (χ0n) is 19.0. The first-order valence-electron chi connectivity index (χ1n) is 10.5. The molecule has 0 radical (unpaired) electrons. The highest BCUT2D eigenvalue weighted by Crippen LogP contribution is 2.32. The van der Waals surface area contributed by atoms with Crippen LogP contribution in [0.2, 0.25) is 0 Å². The lowest BCUT2D eigenvalue weighted by atomic mass is 10.2. The number of carbonyl (C=O) groups is 2. The molecule has 3 aromatic heterocycles. The van der Waals surface area contributed by atoms with Gasteiger partial charge in [-0.05, 0) is 48.5 Å². The third kappa shape index (κ3) is 4.63. The number of hydrogen-bond acceptors (Lipinski definition) is 7. The van der Waals surface area contributed by atoms with Gasteiger partial charge in [0.25, 0.3) is 5.91 Å². The first-order valence-corrected chi connectivity index (χ1v) is 10.5. The van der Waals surface area contributed by atoms with Gasteiger partial charge in [-0.15, -0.1) is 0 Å². The lowest BCUT2D eigenvalue weighted by Gasteiger charge is -2.09.